The van der Waals surface area contributed by atoms with Crippen molar-refractivity contribution in [3.05, 3.63) is 53.1 Å². The highest BCUT2D eigenvalue weighted by Crippen LogP contribution is 2.28. The number of benzene rings is 2. The van der Waals surface area contributed by atoms with Crippen LogP contribution in [0.4, 0.5) is 0 Å². The fourth-order valence-corrected chi connectivity index (χ4v) is 3.98. The van der Waals surface area contributed by atoms with Gasteiger partial charge in [0.05, 0.1) is 25.2 Å². The molecule has 0 aromatic heterocycles. The summed E-state index contributed by atoms with van der Waals surface area (Å²) in [7, 11) is -1.60. The minimum atomic E-state index is -3.22. The Hall–Kier alpha value is -2.74. The zero-order chi connectivity index (χ0) is 22.1. The van der Waals surface area contributed by atoms with Crippen LogP contribution < -0.4 is 20.1 Å². The number of aliphatic imine (C=N–C) groups is 1. The minimum absolute atomic E-state index is 0.352. The predicted octanol–water partition coefficient (Wildman–Crippen LogP) is 3.06. The molecule has 0 heterocycles. The Morgan fingerprint density at radius 2 is 1.77 bits per heavy atom. The van der Waals surface area contributed by atoms with Crippen LogP contribution in [0, 0.1) is 6.92 Å². The van der Waals surface area contributed by atoms with E-state index in [1.165, 1.54) is 6.26 Å². The smallest absolute Gasteiger partial charge is 0.191 e. The van der Waals surface area contributed by atoms with E-state index in [9.17, 15) is 8.42 Å². The first-order chi connectivity index (χ1) is 14.3. The molecule has 0 amide bonds. The van der Waals surface area contributed by atoms with Gasteiger partial charge >= 0.3 is 0 Å². The average molecular weight is 434 g/mol. The standard InChI is InChI=1S/C22H31N3O4S/c1-6-23-22(24-14-17-9-11-21(16(3)12-17)30(5,26)27)25-15-18-8-10-19(28-4)20(13-18)29-7-2/h8-13H,6-7,14-15H2,1-5H3,(H2,23,24,25). The van der Waals surface area contributed by atoms with Gasteiger partial charge in [-0.05, 0) is 55.7 Å². The van der Waals surface area contributed by atoms with Crippen molar-refractivity contribution in [1.29, 1.82) is 0 Å². The van der Waals surface area contributed by atoms with Gasteiger partial charge in [0.25, 0.3) is 0 Å². The van der Waals surface area contributed by atoms with Crippen molar-refractivity contribution in [3.8, 4) is 11.5 Å². The molecule has 2 rings (SSSR count). The molecule has 0 aliphatic heterocycles. The van der Waals surface area contributed by atoms with Crippen molar-refractivity contribution in [1.82, 2.24) is 10.6 Å². The van der Waals surface area contributed by atoms with E-state index in [2.05, 4.69) is 15.6 Å². The van der Waals surface area contributed by atoms with Crippen LogP contribution in [0.5, 0.6) is 11.5 Å². The molecule has 2 aromatic rings. The molecule has 2 N–H and O–H groups in total. The number of nitrogens with one attached hydrogen (secondary N) is 2. The summed E-state index contributed by atoms with van der Waals surface area (Å²) in [5, 5.41) is 6.53. The molecule has 0 unspecified atom stereocenters. The summed E-state index contributed by atoms with van der Waals surface area (Å²) in [6, 6.07) is 11.1. The monoisotopic (exact) mass is 433 g/mol. The van der Waals surface area contributed by atoms with Crippen LogP contribution in [0.2, 0.25) is 0 Å². The Morgan fingerprint density at radius 3 is 2.37 bits per heavy atom. The maximum absolute atomic E-state index is 11.8. The molecule has 164 valence electrons. The van der Waals surface area contributed by atoms with Crippen LogP contribution in [-0.4, -0.2) is 40.9 Å². The zero-order valence-electron chi connectivity index (χ0n) is 18.3. The molecular formula is C22H31N3O4S. The van der Waals surface area contributed by atoms with Gasteiger partial charge in [-0.15, -0.1) is 0 Å². The van der Waals surface area contributed by atoms with E-state index in [1.807, 2.05) is 38.1 Å². The lowest BCUT2D eigenvalue weighted by molar-refractivity contribution is 0.310. The second-order valence-electron chi connectivity index (χ2n) is 6.84. The lowest BCUT2D eigenvalue weighted by atomic mass is 10.1. The summed E-state index contributed by atoms with van der Waals surface area (Å²) in [4.78, 5) is 4.96. The summed E-state index contributed by atoms with van der Waals surface area (Å²) < 4.78 is 34.5. The number of hydrogen-bond acceptors (Lipinski definition) is 5. The molecular weight excluding hydrogens is 402 g/mol. The Morgan fingerprint density at radius 1 is 1.03 bits per heavy atom. The van der Waals surface area contributed by atoms with Gasteiger partial charge in [0.1, 0.15) is 0 Å². The molecule has 2 aromatic carbocycles. The number of nitrogens with zero attached hydrogens (tertiary/aromatic N) is 1. The summed E-state index contributed by atoms with van der Waals surface area (Å²) in [6.45, 7) is 8.04. The first kappa shape index (κ1) is 23.5. The molecule has 0 fully saturated rings. The summed E-state index contributed by atoms with van der Waals surface area (Å²) in [5.74, 6) is 2.09. The minimum Gasteiger partial charge on any atom is -0.493 e. The Labute approximate surface area is 179 Å². The highest BCUT2D eigenvalue weighted by molar-refractivity contribution is 7.90. The maximum atomic E-state index is 11.8. The SMILES string of the molecule is CCNC(=NCc1ccc(S(C)(=O)=O)c(C)c1)NCc1ccc(OC)c(OCC)c1. The first-order valence-electron chi connectivity index (χ1n) is 9.90. The molecule has 30 heavy (non-hydrogen) atoms. The van der Waals surface area contributed by atoms with Gasteiger partial charge < -0.3 is 20.1 Å². The third-order valence-corrected chi connectivity index (χ3v) is 5.65. The number of guanidine groups is 1. The van der Waals surface area contributed by atoms with E-state index in [0.717, 1.165) is 23.2 Å². The van der Waals surface area contributed by atoms with Crippen molar-refractivity contribution in [2.24, 2.45) is 4.99 Å². The van der Waals surface area contributed by atoms with Gasteiger partial charge in [-0.2, -0.15) is 0 Å². The lowest BCUT2D eigenvalue weighted by Gasteiger charge is -2.14. The van der Waals surface area contributed by atoms with Gasteiger partial charge in [-0.3, -0.25) is 0 Å². The van der Waals surface area contributed by atoms with E-state index >= 15 is 0 Å². The second kappa shape index (κ2) is 10.9. The lowest BCUT2D eigenvalue weighted by Crippen LogP contribution is -2.36. The van der Waals surface area contributed by atoms with Crippen LogP contribution in [0.25, 0.3) is 0 Å². The molecule has 0 bridgehead atoms. The highest BCUT2D eigenvalue weighted by atomic mass is 32.2. The molecule has 0 saturated heterocycles. The van der Waals surface area contributed by atoms with Crippen molar-refractivity contribution >= 4 is 15.8 Å². The largest absolute Gasteiger partial charge is 0.493 e. The molecule has 0 saturated carbocycles. The van der Waals surface area contributed by atoms with Crippen LogP contribution >= 0.6 is 0 Å². The van der Waals surface area contributed by atoms with Gasteiger partial charge in [0.2, 0.25) is 0 Å². The van der Waals surface area contributed by atoms with Crippen molar-refractivity contribution < 1.29 is 17.9 Å². The normalized spacial score (nSPS) is 11.8. The molecule has 0 aliphatic carbocycles. The third kappa shape index (κ3) is 6.66. The number of hydrogen-bond donors (Lipinski definition) is 2. The average Bonchev–Trinajstić information content (AvgIpc) is 2.69. The molecule has 0 radical (unpaired) electrons. The summed E-state index contributed by atoms with van der Waals surface area (Å²) in [6.07, 6.45) is 1.22. The Bertz CT molecular complexity index is 988. The highest BCUT2D eigenvalue weighted by Gasteiger charge is 2.11. The predicted molar refractivity (Wildman–Crippen MR) is 120 cm³/mol. The Balaban J connectivity index is 2.10. The van der Waals surface area contributed by atoms with Crippen molar-refractivity contribution in [2.75, 3.05) is 26.5 Å². The second-order valence-corrected chi connectivity index (χ2v) is 8.82. The third-order valence-electron chi connectivity index (χ3n) is 4.39. The number of aryl methyl sites for hydroxylation is 1. The molecule has 0 spiro atoms. The van der Waals surface area contributed by atoms with Crippen molar-refractivity contribution in [3.63, 3.8) is 0 Å². The maximum Gasteiger partial charge on any atom is 0.191 e. The molecule has 7 nitrogen and oxygen atoms in total. The van der Waals surface area contributed by atoms with Crippen LogP contribution in [0.15, 0.2) is 46.3 Å². The van der Waals surface area contributed by atoms with Crippen molar-refractivity contribution in [2.45, 2.75) is 38.8 Å². The van der Waals surface area contributed by atoms with Crippen LogP contribution in [0.1, 0.15) is 30.5 Å². The number of rotatable bonds is 9. The van der Waals surface area contributed by atoms with Gasteiger partial charge in [-0.1, -0.05) is 18.2 Å². The quantitative estimate of drug-likeness (QED) is 0.467. The number of sulfone groups is 1. The Kier molecular flexibility index (Phi) is 8.53. The molecule has 8 heteroatoms. The topological polar surface area (TPSA) is 89.0 Å². The number of ether oxygens (including phenoxy) is 2. The number of methoxy groups -OCH3 is 1. The van der Waals surface area contributed by atoms with Crippen LogP contribution in [-0.2, 0) is 22.9 Å². The summed E-state index contributed by atoms with van der Waals surface area (Å²) in [5.41, 5.74) is 2.71. The van der Waals surface area contributed by atoms with E-state index in [-0.39, 0.29) is 0 Å². The van der Waals surface area contributed by atoms with E-state index in [0.29, 0.717) is 42.1 Å². The molecule has 0 aliphatic rings. The fourth-order valence-electron chi connectivity index (χ4n) is 3.02. The van der Waals surface area contributed by atoms with E-state index in [4.69, 9.17) is 9.47 Å². The summed E-state index contributed by atoms with van der Waals surface area (Å²) >= 11 is 0. The van der Waals surface area contributed by atoms with Crippen LogP contribution in [0.3, 0.4) is 0 Å². The van der Waals surface area contributed by atoms with Gasteiger partial charge in [-0.25, -0.2) is 13.4 Å². The van der Waals surface area contributed by atoms with Gasteiger partial charge in [0.15, 0.2) is 27.3 Å². The van der Waals surface area contributed by atoms with Gasteiger partial charge in [0, 0.05) is 19.3 Å². The van der Waals surface area contributed by atoms with E-state index in [1.54, 1.807) is 26.2 Å². The fraction of sp³-hybridized carbons (Fsp3) is 0.409. The first-order valence-corrected chi connectivity index (χ1v) is 11.8. The van der Waals surface area contributed by atoms with E-state index < -0.39 is 9.84 Å². The molecule has 0 atom stereocenters. The zero-order valence-corrected chi connectivity index (χ0v) is 19.1.